The first-order chi connectivity index (χ1) is 19.9. The first kappa shape index (κ1) is 30.3. The Balaban J connectivity index is 1.45. The first-order valence-electron chi connectivity index (χ1n) is 13.7. The molecule has 3 amide bonds. The summed E-state index contributed by atoms with van der Waals surface area (Å²) in [6, 6.07) is 16.7. The number of methoxy groups -OCH3 is 1. The molecule has 0 bridgehead atoms. The van der Waals surface area contributed by atoms with Gasteiger partial charge in [0.2, 0.25) is 0 Å². The van der Waals surface area contributed by atoms with Gasteiger partial charge in [-0.2, -0.15) is 5.10 Å². The Morgan fingerprint density at radius 3 is 2.33 bits per heavy atom. The number of pyridine rings is 1. The molecule has 0 aliphatic rings. The Morgan fingerprint density at radius 1 is 0.905 bits per heavy atom. The molecule has 0 radical (unpaired) electrons. The van der Waals surface area contributed by atoms with Crippen molar-refractivity contribution in [2.45, 2.75) is 53.6 Å². The molecule has 2 aromatic carbocycles. The molecule has 0 spiro atoms. The average Bonchev–Trinajstić information content (AvgIpc) is 3.36. The van der Waals surface area contributed by atoms with Crippen molar-refractivity contribution in [3.8, 4) is 11.4 Å². The molecule has 10 heteroatoms. The van der Waals surface area contributed by atoms with Gasteiger partial charge in [-0.25, -0.2) is 14.5 Å². The van der Waals surface area contributed by atoms with Gasteiger partial charge in [-0.05, 0) is 73.9 Å². The SMILES string of the molecule is COCC(=O)Nc1cc(COc2ccc(NC(=O)Nc3cc(C(C)(C)C)nn3-c3ccc(C)cc3)c(C)c2C)ccn1. The fourth-order valence-corrected chi connectivity index (χ4v) is 4.18. The van der Waals surface area contributed by atoms with E-state index in [9.17, 15) is 9.59 Å². The van der Waals surface area contributed by atoms with Gasteiger partial charge in [0.05, 0.1) is 11.4 Å². The highest BCUT2D eigenvalue weighted by Gasteiger charge is 2.22. The molecular weight excluding hydrogens is 532 g/mol. The molecule has 10 nitrogen and oxygen atoms in total. The van der Waals surface area contributed by atoms with E-state index in [1.807, 2.05) is 69.3 Å². The summed E-state index contributed by atoms with van der Waals surface area (Å²) >= 11 is 0. The fourth-order valence-electron chi connectivity index (χ4n) is 4.18. The standard InChI is InChI=1S/C32H38N6O4/c1-20-8-10-24(11-9-20)38-29(17-27(37-38)32(4,5)6)36-31(40)34-25-12-13-26(22(3)21(25)2)42-18-23-14-15-33-28(16-23)35-30(39)19-41-7/h8-17H,18-19H2,1-7H3,(H,33,35,39)(H2,34,36,40). The molecule has 0 fully saturated rings. The van der Waals surface area contributed by atoms with Crippen LogP contribution in [0.15, 0.2) is 60.8 Å². The highest BCUT2D eigenvalue weighted by molar-refractivity contribution is 6.00. The van der Waals surface area contributed by atoms with Crippen molar-refractivity contribution < 1.29 is 19.1 Å². The Bertz CT molecular complexity index is 1570. The number of carbonyl (C=O) groups is 2. The molecule has 220 valence electrons. The van der Waals surface area contributed by atoms with Crippen molar-refractivity contribution in [3.05, 3.63) is 88.7 Å². The molecule has 0 saturated heterocycles. The van der Waals surface area contributed by atoms with E-state index >= 15 is 0 Å². The van der Waals surface area contributed by atoms with E-state index in [0.717, 1.165) is 33.6 Å². The third-order valence-electron chi connectivity index (χ3n) is 6.75. The topological polar surface area (TPSA) is 119 Å². The van der Waals surface area contributed by atoms with Crippen LogP contribution >= 0.6 is 0 Å². The van der Waals surface area contributed by atoms with Crippen LogP contribution in [0, 0.1) is 20.8 Å². The van der Waals surface area contributed by atoms with Crippen molar-refractivity contribution in [2.75, 3.05) is 29.7 Å². The van der Waals surface area contributed by atoms with Crippen LogP contribution in [0.3, 0.4) is 0 Å². The third-order valence-corrected chi connectivity index (χ3v) is 6.75. The van der Waals surface area contributed by atoms with E-state index in [4.69, 9.17) is 14.6 Å². The summed E-state index contributed by atoms with van der Waals surface area (Å²) in [7, 11) is 1.46. The second-order valence-electron chi connectivity index (χ2n) is 11.2. The number of hydrogen-bond acceptors (Lipinski definition) is 6. The lowest BCUT2D eigenvalue weighted by atomic mass is 9.92. The van der Waals surface area contributed by atoms with E-state index in [1.165, 1.54) is 7.11 Å². The molecule has 0 saturated carbocycles. The van der Waals surface area contributed by atoms with Gasteiger partial charge >= 0.3 is 6.03 Å². The number of anilines is 3. The number of amides is 3. The Labute approximate surface area is 246 Å². The van der Waals surface area contributed by atoms with Crippen molar-refractivity contribution in [3.63, 3.8) is 0 Å². The lowest BCUT2D eigenvalue weighted by molar-refractivity contribution is -0.119. The number of hydrogen-bond donors (Lipinski definition) is 3. The van der Waals surface area contributed by atoms with Gasteiger partial charge in [0.1, 0.15) is 30.6 Å². The molecule has 0 atom stereocenters. The predicted molar refractivity (Wildman–Crippen MR) is 165 cm³/mol. The van der Waals surface area contributed by atoms with Crippen molar-refractivity contribution in [2.24, 2.45) is 0 Å². The van der Waals surface area contributed by atoms with Crippen LogP contribution in [0.1, 0.15) is 48.7 Å². The molecule has 3 N–H and O–H groups in total. The Hall–Kier alpha value is -4.70. The van der Waals surface area contributed by atoms with Gasteiger partial charge in [0.25, 0.3) is 5.91 Å². The summed E-state index contributed by atoms with van der Waals surface area (Å²) in [6.07, 6.45) is 1.61. The van der Waals surface area contributed by atoms with Gasteiger partial charge in [-0.1, -0.05) is 38.5 Å². The molecule has 2 aromatic heterocycles. The van der Waals surface area contributed by atoms with E-state index in [0.29, 0.717) is 23.1 Å². The van der Waals surface area contributed by atoms with Crippen LogP contribution < -0.4 is 20.7 Å². The molecular formula is C32H38N6O4. The zero-order chi connectivity index (χ0) is 30.4. The van der Waals surface area contributed by atoms with Gasteiger partial charge in [-0.15, -0.1) is 0 Å². The summed E-state index contributed by atoms with van der Waals surface area (Å²) < 4.78 is 12.7. The summed E-state index contributed by atoms with van der Waals surface area (Å²) in [5.74, 6) is 1.41. The monoisotopic (exact) mass is 570 g/mol. The molecule has 2 heterocycles. The highest BCUT2D eigenvalue weighted by atomic mass is 16.5. The second kappa shape index (κ2) is 12.9. The van der Waals surface area contributed by atoms with Gasteiger partial charge < -0.3 is 20.1 Å². The third kappa shape index (κ3) is 7.52. The van der Waals surface area contributed by atoms with Crippen molar-refractivity contribution in [1.82, 2.24) is 14.8 Å². The summed E-state index contributed by atoms with van der Waals surface area (Å²) in [4.78, 5) is 29.1. The maximum Gasteiger partial charge on any atom is 0.324 e. The minimum atomic E-state index is -0.375. The normalized spacial score (nSPS) is 11.2. The van der Waals surface area contributed by atoms with Gasteiger partial charge in [0, 0.05) is 30.5 Å². The average molecular weight is 571 g/mol. The van der Waals surface area contributed by atoms with Gasteiger partial charge in [-0.3, -0.25) is 10.1 Å². The Morgan fingerprint density at radius 2 is 1.64 bits per heavy atom. The van der Waals surface area contributed by atoms with Gasteiger partial charge in [0.15, 0.2) is 0 Å². The number of rotatable bonds is 9. The maximum absolute atomic E-state index is 13.1. The number of aryl methyl sites for hydroxylation is 1. The van der Waals surface area contributed by atoms with Crippen LogP contribution in [0.4, 0.5) is 22.1 Å². The summed E-state index contributed by atoms with van der Waals surface area (Å²) in [5, 5.41) is 13.4. The van der Waals surface area contributed by atoms with Crippen LogP contribution in [0.5, 0.6) is 5.75 Å². The lowest BCUT2D eigenvalue weighted by Gasteiger charge is -2.16. The van der Waals surface area contributed by atoms with Crippen LogP contribution in [0.2, 0.25) is 0 Å². The molecule has 4 aromatic rings. The van der Waals surface area contributed by atoms with Crippen LogP contribution in [-0.2, 0) is 21.6 Å². The van der Waals surface area contributed by atoms with E-state index < -0.39 is 0 Å². The molecule has 4 rings (SSSR count). The van der Waals surface area contributed by atoms with Crippen LogP contribution in [-0.4, -0.2) is 40.4 Å². The minimum absolute atomic E-state index is 0.0480. The second-order valence-corrected chi connectivity index (χ2v) is 11.2. The fraction of sp³-hybridized carbons (Fsp3) is 0.312. The van der Waals surface area contributed by atoms with Crippen molar-refractivity contribution >= 4 is 29.3 Å². The number of benzene rings is 2. The number of ether oxygens (including phenoxy) is 2. The highest BCUT2D eigenvalue weighted by Crippen LogP contribution is 2.30. The largest absolute Gasteiger partial charge is 0.489 e. The Kier molecular flexibility index (Phi) is 9.27. The number of carbonyl (C=O) groups excluding carboxylic acids is 2. The van der Waals surface area contributed by atoms with E-state index in [-0.39, 0.29) is 30.6 Å². The predicted octanol–water partition coefficient (Wildman–Crippen LogP) is 6.30. The number of nitrogens with zero attached hydrogens (tertiary/aromatic N) is 3. The zero-order valence-electron chi connectivity index (χ0n) is 25.2. The van der Waals surface area contributed by atoms with E-state index in [2.05, 4.69) is 41.7 Å². The quantitative estimate of drug-likeness (QED) is 0.217. The number of nitrogens with one attached hydrogen (secondary N) is 3. The number of urea groups is 1. The zero-order valence-corrected chi connectivity index (χ0v) is 25.2. The summed E-state index contributed by atoms with van der Waals surface area (Å²) in [5.41, 5.74) is 5.97. The molecule has 0 aliphatic carbocycles. The van der Waals surface area contributed by atoms with Crippen LogP contribution in [0.25, 0.3) is 5.69 Å². The minimum Gasteiger partial charge on any atom is -0.489 e. The smallest absolute Gasteiger partial charge is 0.324 e. The molecule has 42 heavy (non-hydrogen) atoms. The van der Waals surface area contributed by atoms with E-state index in [1.54, 1.807) is 16.9 Å². The lowest BCUT2D eigenvalue weighted by Crippen LogP contribution is -2.22. The molecule has 0 unspecified atom stereocenters. The number of aromatic nitrogens is 3. The van der Waals surface area contributed by atoms with Crippen molar-refractivity contribution in [1.29, 1.82) is 0 Å². The first-order valence-corrected chi connectivity index (χ1v) is 13.7. The maximum atomic E-state index is 13.1. The summed E-state index contributed by atoms with van der Waals surface area (Å²) in [6.45, 7) is 12.4. The molecule has 0 aliphatic heterocycles.